The molecular formula is C20H26N2O2S. The van der Waals surface area contributed by atoms with Crippen molar-refractivity contribution in [3.63, 3.8) is 0 Å². The smallest absolute Gasteiger partial charge is 0.157 e. The van der Waals surface area contributed by atoms with Gasteiger partial charge in [-0.3, -0.25) is 4.99 Å². The molecule has 0 radical (unpaired) electrons. The van der Waals surface area contributed by atoms with Gasteiger partial charge in [-0.05, 0) is 48.6 Å². The third kappa shape index (κ3) is 5.51. The van der Waals surface area contributed by atoms with Crippen LogP contribution in [0.1, 0.15) is 41.2 Å². The van der Waals surface area contributed by atoms with Gasteiger partial charge in [0.05, 0.1) is 5.75 Å². The molecular weight excluding hydrogens is 332 g/mol. The van der Waals surface area contributed by atoms with Gasteiger partial charge in [-0.15, -0.1) is 0 Å². The van der Waals surface area contributed by atoms with E-state index in [1.54, 1.807) is 7.05 Å². The lowest BCUT2D eigenvalue weighted by Gasteiger charge is -2.16. The van der Waals surface area contributed by atoms with E-state index in [-0.39, 0.29) is 5.75 Å². The van der Waals surface area contributed by atoms with Gasteiger partial charge in [0.25, 0.3) is 0 Å². The standard InChI is InChI=1S/C20H26N2O2S/c1-5-20(21-4)22-19-10-15(3)17(12-18(19)13-25(23)24)11-16-8-6-14(2)7-9-16/h6-10,12H,5,11,13H2,1-4H3,(H,21,22)(H,23,24). The molecule has 0 aliphatic carbocycles. The van der Waals surface area contributed by atoms with Gasteiger partial charge in [-0.2, -0.15) is 0 Å². The first-order valence-corrected chi connectivity index (χ1v) is 9.68. The van der Waals surface area contributed by atoms with Crippen LogP contribution in [0.25, 0.3) is 0 Å². The summed E-state index contributed by atoms with van der Waals surface area (Å²) in [5.74, 6) is 0.958. The highest BCUT2D eigenvalue weighted by atomic mass is 32.2. The Bertz CT molecular complexity index is 783. The zero-order chi connectivity index (χ0) is 18.4. The molecule has 0 spiro atoms. The lowest BCUT2D eigenvalue weighted by Crippen LogP contribution is -2.13. The summed E-state index contributed by atoms with van der Waals surface area (Å²) in [5, 5.41) is 3.30. The van der Waals surface area contributed by atoms with E-state index in [9.17, 15) is 8.76 Å². The van der Waals surface area contributed by atoms with Crippen molar-refractivity contribution in [2.24, 2.45) is 4.99 Å². The van der Waals surface area contributed by atoms with Gasteiger partial charge in [-0.25, -0.2) is 4.21 Å². The molecule has 0 aliphatic heterocycles. The molecule has 1 atom stereocenters. The predicted molar refractivity (Wildman–Crippen MR) is 107 cm³/mol. The Morgan fingerprint density at radius 2 is 1.84 bits per heavy atom. The highest BCUT2D eigenvalue weighted by Gasteiger charge is 2.12. The van der Waals surface area contributed by atoms with Crippen molar-refractivity contribution in [2.75, 3.05) is 12.4 Å². The van der Waals surface area contributed by atoms with Crippen molar-refractivity contribution < 1.29 is 8.76 Å². The maximum atomic E-state index is 11.4. The van der Waals surface area contributed by atoms with Crippen molar-refractivity contribution >= 4 is 22.6 Å². The highest BCUT2D eigenvalue weighted by Crippen LogP contribution is 2.25. The highest BCUT2D eigenvalue weighted by molar-refractivity contribution is 7.78. The Hall–Kier alpha value is -1.98. The van der Waals surface area contributed by atoms with Crippen LogP contribution in [0.15, 0.2) is 41.4 Å². The van der Waals surface area contributed by atoms with Crippen molar-refractivity contribution in [3.05, 3.63) is 64.2 Å². The number of anilines is 1. The number of aryl methyl sites for hydroxylation is 2. The largest absolute Gasteiger partial charge is 0.344 e. The minimum absolute atomic E-state index is 0.101. The zero-order valence-corrected chi connectivity index (χ0v) is 16.1. The summed E-state index contributed by atoms with van der Waals surface area (Å²) in [7, 11) is 1.74. The molecule has 25 heavy (non-hydrogen) atoms. The molecule has 2 rings (SSSR count). The first-order chi connectivity index (χ1) is 11.9. The van der Waals surface area contributed by atoms with Gasteiger partial charge in [0, 0.05) is 19.2 Å². The maximum Gasteiger partial charge on any atom is 0.157 e. The normalized spacial score (nSPS) is 12.9. The van der Waals surface area contributed by atoms with Crippen LogP contribution in [-0.2, 0) is 23.3 Å². The fourth-order valence-electron chi connectivity index (χ4n) is 2.75. The zero-order valence-electron chi connectivity index (χ0n) is 15.3. The molecule has 0 bridgehead atoms. The summed E-state index contributed by atoms with van der Waals surface area (Å²) in [5.41, 5.74) is 6.48. The molecule has 0 aliphatic rings. The number of aliphatic imine (C=N–C) groups is 1. The molecule has 0 saturated carbocycles. The van der Waals surface area contributed by atoms with Crippen molar-refractivity contribution in [1.82, 2.24) is 0 Å². The summed E-state index contributed by atoms with van der Waals surface area (Å²) in [6.45, 7) is 6.17. The molecule has 2 N–H and O–H groups in total. The van der Waals surface area contributed by atoms with E-state index in [4.69, 9.17) is 0 Å². The molecule has 2 aromatic rings. The van der Waals surface area contributed by atoms with Gasteiger partial charge < -0.3 is 9.87 Å². The Morgan fingerprint density at radius 3 is 2.40 bits per heavy atom. The van der Waals surface area contributed by atoms with E-state index < -0.39 is 11.1 Å². The molecule has 5 heteroatoms. The average Bonchev–Trinajstić information content (AvgIpc) is 2.57. The molecule has 0 aromatic heterocycles. The van der Waals surface area contributed by atoms with Crippen LogP contribution < -0.4 is 5.32 Å². The van der Waals surface area contributed by atoms with Crippen LogP contribution >= 0.6 is 0 Å². The molecule has 0 amide bonds. The third-order valence-electron chi connectivity index (χ3n) is 4.24. The van der Waals surface area contributed by atoms with Crippen molar-refractivity contribution in [3.8, 4) is 0 Å². The predicted octanol–water partition coefficient (Wildman–Crippen LogP) is 4.47. The SMILES string of the molecule is CCC(=NC)Nc1cc(C)c(Cc2ccc(C)cc2)cc1CS(=O)O. The first kappa shape index (κ1) is 19.3. The third-order valence-corrected chi connectivity index (χ3v) is 4.80. The fraction of sp³-hybridized carbons (Fsp3) is 0.350. The second-order valence-electron chi connectivity index (χ2n) is 6.21. The summed E-state index contributed by atoms with van der Waals surface area (Å²) < 4.78 is 20.8. The van der Waals surface area contributed by atoms with Crippen LogP contribution in [0.5, 0.6) is 0 Å². The summed E-state index contributed by atoms with van der Waals surface area (Å²) >= 11 is -1.89. The number of rotatable bonds is 6. The minimum atomic E-state index is -1.89. The molecule has 2 aromatic carbocycles. The fourth-order valence-corrected chi connectivity index (χ4v) is 3.25. The Labute approximate surface area is 152 Å². The number of nitrogens with zero attached hydrogens (tertiary/aromatic N) is 1. The minimum Gasteiger partial charge on any atom is -0.344 e. The van der Waals surface area contributed by atoms with Gasteiger partial charge in [0.1, 0.15) is 5.84 Å². The van der Waals surface area contributed by atoms with E-state index in [0.717, 1.165) is 35.5 Å². The Kier molecular flexibility index (Phi) is 6.91. The quantitative estimate of drug-likeness (QED) is 0.455. The van der Waals surface area contributed by atoms with Gasteiger partial charge in [0.2, 0.25) is 0 Å². The monoisotopic (exact) mass is 358 g/mol. The summed E-state index contributed by atoms with van der Waals surface area (Å²) in [4.78, 5) is 4.22. The van der Waals surface area contributed by atoms with E-state index in [2.05, 4.69) is 48.4 Å². The van der Waals surface area contributed by atoms with Gasteiger partial charge in [0.15, 0.2) is 11.1 Å². The van der Waals surface area contributed by atoms with E-state index >= 15 is 0 Å². The maximum absolute atomic E-state index is 11.4. The van der Waals surface area contributed by atoms with Crippen LogP contribution in [0.2, 0.25) is 0 Å². The summed E-state index contributed by atoms with van der Waals surface area (Å²) in [6.07, 6.45) is 1.59. The van der Waals surface area contributed by atoms with Crippen LogP contribution in [0, 0.1) is 13.8 Å². The van der Waals surface area contributed by atoms with E-state index in [0.29, 0.717) is 0 Å². The van der Waals surface area contributed by atoms with E-state index in [1.165, 1.54) is 16.7 Å². The molecule has 134 valence electrons. The van der Waals surface area contributed by atoms with Crippen molar-refractivity contribution in [1.29, 1.82) is 0 Å². The molecule has 0 saturated heterocycles. The van der Waals surface area contributed by atoms with Crippen LogP contribution in [-0.4, -0.2) is 21.6 Å². The van der Waals surface area contributed by atoms with Crippen LogP contribution in [0.3, 0.4) is 0 Å². The molecule has 4 nitrogen and oxygen atoms in total. The second kappa shape index (κ2) is 8.92. The summed E-state index contributed by atoms with van der Waals surface area (Å²) in [6, 6.07) is 12.6. The number of nitrogens with one attached hydrogen (secondary N) is 1. The Balaban J connectivity index is 2.38. The topological polar surface area (TPSA) is 61.7 Å². The van der Waals surface area contributed by atoms with Crippen molar-refractivity contribution in [2.45, 2.75) is 39.4 Å². The van der Waals surface area contributed by atoms with Gasteiger partial charge >= 0.3 is 0 Å². The Morgan fingerprint density at radius 1 is 1.16 bits per heavy atom. The van der Waals surface area contributed by atoms with Gasteiger partial charge in [-0.1, -0.05) is 42.8 Å². The first-order valence-electron chi connectivity index (χ1n) is 8.41. The number of hydrogen-bond acceptors (Lipinski definition) is 2. The lowest BCUT2D eigenvalue weighted by atomic mass is 9.97. The lowest BCUT2D eigenvalue weighted by molar-refractivity contribution is 0.563. The number of benzene rings is 2. The number of amidine groups is 1. The number of hydrogen-bond donors (Lipinski definition) is 2. The van der Waals surface area contributed by atoms with Crippen LogP contribution in [0.4, 0.5) is 5.69 Å². The molecule has 0 heterocycles. The second-order valence-corrected chi connectivity index (χ2v) is 7.14. The molecule has 0 fully saturated rings. The molecule has 1 unspecified atom stereocenters. The average molecular weight is 359 g/mol. The van der Waals surface area contributed by atoms with E-state index in [1.807, 2.05) is 19.1 Å².